The van der Waals surface area contributed by atoms with Gasteiger partial charge < -0.3 is 5.11 Å². The maximum Gasteiger partial charge on any atom is 0.315 e. The summed E-state index contributed by atoms with van der Waals surface area (Å²) in [6.07, 6.45) is 0. The van der Waals surface area contributed by atoms with Crippen molar-refractivity contribution in [3.8, 4) is 0 Å². The molecule has 3 nitrogen and oxygen atoms in total. The van der Waals surface area contributed by atoms with Gasteiger partial charge in [0.25, 0.3) is 0 Å². The first-order valence-electron chi connectivity index (χ1n) is 5.96. The van der Waals surface area contributed by atoms with Crippen LogP contribution in [0, 0.1) is 0 Å². The minimum Gasteiger partial charge on any atom is -0.481 e. The molecule has 0 spiro atoms. The van der Waals surface area contributed by atoms with Crippen LogP contribution in [0.15, 0.2) is 39.0 Å². The molecule has 106 valence electrons. The number of halogens is 1. The highest BCUT2D eigenvalue weighted by Crippen LogP contribution is 2.29. The molecule has 2 aromatic rings. The van der Waals surface area contributed by atoms with Crippen LogP contribution in [0.5, 0.6) is 0 Å². The topological polar surface area (TPSA) is 50.2 Å². The van der Waals surface area contributed by atoms with E-state index < -0.39 is 11.4 Å². The third kappa shape index (κ3) is 3.62. The Morgan fingerprint density at radius 3 is 2.65 bits per heavy atom. The summed E-state index contributed by atoms with van der Waals surface area (Å²) in [5, 5.41) is 12.0. The Hall–Kier alpha value is -0.850. The Labute approximate surface area is 134 Å². The first-order valence-corrected chi connectivity index (χ1v) is 8.62. The summed E-state index contributed by atoms with van der Waals surface area (Å²) in [5.41, 5.74) is -0.307. The van der Waals surface area contributed by atoms with E-state index in [0.29, 0.717) is 5.69 Å². The smallest absolute Gasteiger partial charge is 0.315 e. The van der Waals surface area contributed by atoms with Crippen LogP contribution in [-0.4, -0.2) is 16.1 Å². The van der Waals surface area contributed by atoms with E-state index in [1.54, 1.807) is 25.6 Å². The van der Waals surface area contributed by atoms with Crippen LogP contribution in [0.4, 0.5) is 0 Å². The van der Waals surface area contributed by atoms with Crippen LogP contribution in [0.3, 0.4) is 0 Å². The second kappa shape index (κ2) is 6.28. The molecule has 20 heavy (non-hydrogen) atoms. The lowest BCUT2D eigenvalue weighted by molar-refractivity contribution is -0.142. The lowest BCUT2D eigenvalue weighted by Crippen LogP contribution is -2.28. The van der Waals surface area contributed by atoms with Gasteiger partial charge in [-0.05, 0) is 38.1 Å². The third-order valence-electron chi connectivity index (χ3n) is 2.90. The standard InChI is InChI=1S/C14H14BrNO2S2/c1-14(2,13(17)18)11-7-20-12(16-11)8-19-10-5-3-9(15)4-6-10/h3-7H,8H2,1-2H3,(H,17,18). The zero-order chi connectivity index (χ0) is 14.8. The van der Waals surface area contributed by atoms with Crippen LogP contribution >= 0.6 is 39.0 Å². The van der Waals surface area contributed by atoms with Crippen LogP contribution in [0.25, 0.3) is 0 Å². The molecule has 0 saturated heterocycles. The van der Waals surface area contributed by atoms with E-state index in [2.05, 4.69) is 20.9 Å². The Balaban J connectivity index is 2.03. The SMILES string of the molecule is CC(C)(C(=O)O)c1csc(CSc2ccc(Br)cc2)n1. The van der Waals surface area contributed by atoms with Crippen LogP contribution in [0.2, 0.25) is 0 Å². The summed E-state index contributed by atoms with van der Waals surface area (Å²) in [5.74, 6) is -0.1000. The van der Waals surface area contributed by atoms with Crippen molar-refractivity contribution in [1.82, 2.24) is 4.98 Å². The molecule has 0 aliphatic heterocycles. The molecule has 0 saturated carbocycles. The molecule has 1 aromatic carbocycles. The number of carbonyl (C=O) groups is 1. The number of hydrogen-bond donors (Lipinski definition) is 1. The predicted molar refractivity (Wildman–Crippen MR) is 86.5 cm³/mol. The molecule has 0 unspecified atom stereocenters. The number of aromatic nitrogens is 1. The monoisotopic (exact) mass is 371 g/mol. The molecule has 1 heterocycles. The molecule has 0 aliphatic carbocycles. The minimum atomic E-state index is -0.934. The summed E-state index contributed by atoms with van der Waals surface area (Å²) in [4.78, 5) is 16.8. The quantitative estimate of drug-likeness (QED) is 0.782. The first-order chi connectivity index (χ1) is 9.39. The summed E-state index contributed by atoms with van der Waals surface area (Å²) in [7, 11) is 0. The fourth-order valence-electron chi connectivity index (χ4n) is 1.45. The van der Waals surface area contributed by atoms with Crippen LogP contribution < -0.4 is 0 Å². The highest BCUT2D eigenvalue weighted by atomic mass is 79.9. The second-order valence-corrected chi connectivity index (χ2v) is 7.71. The molecule has 0 fully saturated rings. The van der Waals surface area contributed by atoms with Gasteiger partial charge in [-0.2, -0.15) is 0 Å². The zero-order valence-corrected chi connectivity index (χ0v) is 14.3. The zero-order valence-electron chi connectivity index (χ0n) is 11.1. The van der Waals surface area contributed by atoms with Crippen molar-refractivity contribution in [2.75, 3.05) is 0 Å². The van der Waals surface area contributed by atoms with Gasteiger partial charge in [0.1, 0.15) is 10.4 Å². The summed E-state index contributed by atoms with van der Waals surface area (Å²) >= 11 is 6.61. The Morgan fingerprint density at radius 1 is 1.40 bits per heavy atom. The molecule has 0 bridgehead atoms. The van der Waals surface area contributed by atoms with Gasteiger partial charge in [0.05, 0.1) is 11.4 Å². The van der Waals surface area contributed by atoms with E-state index in [-0.39, 0.29) is 0 Å². The predicted octanol–water partition coefficient (Wildman–Crippen LogP) is 4.56. The second-order valence-electron chi connectivity index (χ2n) is 4.80. The molecular formula is C14H14BrNO2S2. The Bertz CT molecular complexity index is 608. The number of rotatable bonds is 5. The van der Waals surface area contributed by atoms with E-state index in [0.717, 1.165) is 15.2 Å². The molecular weight excluding hydrogens is 358 g/mol. The lowest BCUT2D eigenvalue weighted by atomic mass is 9.90. The number of carboxylic acids is 1. The van der Waals surface area contributed by atoms with Gasteiger partial charge in [-0.25, -0.2) is 4.98 Å². The maximum atomic E-state index is 11.2. The average Bonchev–Trinajstić information content (AvgIpc) is 2.87. The van der Waals surface area contributed by atoms with Crippen molar-refractivity contribution in [1.29, 1.82) is 0 Å². The van der Waals surface area contributed by atoms with Crippen molar-refractivity contribution >= 4 is 45.0 Å². The highest BCUT2D eigenvalue weighted by molar-refractivity contribution is 9.10. The molecule has 1 N–H and O–H groups in total. The van der Waals surface area contributed by atoms with Crippen molar-refractivity contribution in [2.45, 2.75) is 29.9 Å². The molecule has 1 aromatic heterocycles. The van der Waals surface area contributed by atoms with Crippen LogP contribution in [0.1, 0.15) is 24.5 Å². The fourth-order valence-corrected chi connectivity index (χ4v) is 3.59. The largest absolute Gasteiger partial charge is 0.481 e. The maximum absolute atomic E-state index is 11.2. The normalized spacial score (nSPS) is 11.6. The number of benzene rings is 1. The van der Waals surface area contributed by atoms with Crippen molar-refractivity contribution in [2.24, 2.45) is 0 Å². The molecule has 0 radical (unpaired) electrons. The fraction of sp³-hybridized carbons (Fsp3) is 0.286. The van der Waals surface area contributed by atoms with Crippen molar-refractivity contribution in [3.05, 3.63) is 44.8 Å². The van der Waals surface area contributed by atoms with Crippen molar-refractivity contribution < 1.29 is 9.90 Å². The minimum absolute atomic E-state index is 0.626. The average molecular weight is 372 g/mol. The van der Waals surface area contributed by atoms with Crippen molar-refractivity contribution in [3.63, 3.8) is 0 Å². The van der Waals surface area contributed by atoms with Crippen LogP contribution in [-0.2, 0) is 16.0 Å². The van der Waals surface area contributed by atoms with E-state index in [4.69, 9.17) is 0 Å². The lowest BCUT2D eigenvalue weighted by Gasteiger charge is -2.15. The number of hydrogen-bond acceptors (Lipinski definition) is 4. The van der Waals surface area contributed by atoms with Gasteiger partial charge in [0, 0.05) is 14.7 Å². The number of nitrogens with zero attached hydrogens (tertiary/aromatic N) is 1. The van der Waals surface area contributed by atoms with E-state index in [9.17, 15) is 9.90 Å². The molecule has 2 rings (SSSR count). The molecule has 0 atom stereocenters. The summed E-state index contributed by atoms with van der Waals surface area (Å²) in [6, 6.07) is 8.10. The number of carboxylic acid groups (broad SMARTS) is 1. The van der Waals surface area contributed by atoms with Gasteiger partial charge in [0.15, 0.2) is 0 Å². The Kier molecular flexibility index (Phi) is 4.88. The highest BCUT2D eigenvalue weighted by Gasteiger charge is 2.31. The third-order valence-corrected chi connectivity index (χ3v) is 5.49. The van der Waals surface area contributed by atoms with E-state index >= 15 is 0 Å². The Morgan fingerprint density at radius 2 is 2.05 bits per heavy atom. The number of thiazole rings is 1. The van der Waals surface area contributed by atoms with Gasteiger partial charge >= 0.3 is 5.97 Å². The summed E-state index contributed by atoms with van der Waals surface area (Å²) < 4.78 is 1.06. The molecule has 0 aliphatic rings. The van der Waals surface area contributed by atoms with Gasteiger partial charge in [-0.3, -0.25) is 4.79 Å². The number of thioether (sulfide) groups is 1. The molecule has 0 amide bonds. The van der Waals surface area contributed by atoms with E-state index in [1.165, 1.54) is 16.2 Å². The van der Waals surface area contributed by atoms with Gasteiger partial charge in [-0.15, -0.1) is 23.1 Å². The van der Waals surface area contributed by atoms with Gasteiger partial charge in [0.2, 0.25) is 0 Å². The number of aliphatic carboxylic acids is 1. The van der Waals surface area contributed by atoms with Gasteiger partial charge in [-0.1, -0.05) is 15.9 Å². The first kappa shape index (κ1) is 15.5. The molecule has 6 heteroatoms. The van der Waals surface area contributed by atoms with E-state index in [1.807, 2.05) is 29.6 Å². The summed E-state index contributed by atoms with van der Waals surface area (Å²) in [6.45, 7) is 3.35.